The lowest BCUT2D eigenvalue weighted by atomic mass is 10.0. The van der Waals surface area contributed by atoms with Crippen LogP contribution in [0.5, 0.6) is 0 Å². The number of aliphatic carboxylic acids is 1. The Balaban J connectivity index is 2.96. The van der Waals surface area contributed by atoms with Crippen LogP contribution in [-0.4, -0.2) is 17.1 Å². The molecule has 1 aromatic rings. The molecule has 2 N–H and O–H groups in total. The highest BCUT2D eigenvalue weighted by atomic mass is 35.5. The Labute approximate surface area is 113 Å². The first kappa shape index (κ1) is 15.6. The molecule has 1 rings (SSSR count). The topological polar surface area (TPSA) is 49.3 Å². The van der Waals surface area contributed by atoms with Gasteiger partial charge >= 0.3 is 12.1 Å². The number of hydrogen-bond donors (Lipinski definition) is 2. The Kier molecular flexibility index (Phi) is 4.68. The summed E-state index contributed by atoms with van der Waals surface area (Å²) in [5, 5.41) is 11.5. The standard InChI is InChI=1S/C12H13ClF3NO2/c1-6(11(18)19)7(2)17-10-4-8(12(14,15)16)3-9(13)5-10/h3-7,17H,1-2H3,(H,18,19). The molecule has 0 heterocycles. The average molecular weight is 296 g/mol. The minimum atomic E-state index is -4.50. The lowest BCUT2D eigenvalue weighted by Gasteiger charge is -2.20. The molecule has 1 aromatic carbocycles. The van der Waals surface area contributed by atoms with E-state index < -0.39 is 29.7 Å². The summed E-state index contributed by atoms with van der Waals surface area (Å²) in [6.07, 6.45) is -4.50. The van der Waals surface area contributed by atoms with Crippen LogP contribution in [-0.2, 0) is 11.0 Å². The molecule has 2 atom stereocenters. The first-order chi connectivity index (χ1) is 8.61. The summed E-state index contributed by atoms with van der Waals surface area (Å²) >= 11 is 5.63. The van der Waals surface area contributed by atoms with Gasteiger partial charge in [0, 0.05) is 16.8 Å². The van der Waals surface area contributed by atoms with E-state index in [4.69, 9.17) is 16.7 Å². The maximum Gasteiger partial charge on any atom is 0.416 e. The van der Waals surface area contributed by atoms with Gasteiger partial charge in [0.25, 0.3) is 0 Å². The summed E-state index contributed by atoms with van der Waals surface area (Å²) < 4.78 is 37.8. The molecular formula is C12H13ClF3NO2. The van der Waals surface area contributed by atoms with Gasteiger partial charge in [0.2, 0.25) is 0 Å². The molecule has 0 aliphatic carbocycles. The van der Waals surface area contributed by atoms with Gasteiger partial charge < -0.3 is 10.4 Å². The highest BCUT2D eigenvalue weighted by molar-refractivity contribution is 6.30. The van der Waals surface area contributed by atoms with Crippen LogP contribution in [0.15, 0.2) is 18.2 Å². The van der Waals surface area contributed by atoms with E-state index in [0.29, 0.717) is 0 Å². The van der Waals surface area contributed by atoms with Crippen molar-refractivity contribution < 1.29 is 23.1 Å². The van der Waals surface area contributed by atoms with Crippen molar-refractivity contribution in [2.75, 3.05) is 5.32 Å². The van der Waals surface area contributed by atoms with E-state index in [1.807, 2.05) is 0 Å². The predicted octanol–water partition coefficient (Wildman–Crippen LogP) is 3.88. The minimum absolute atomic E-state index is 0.0625. The van der Waals surface area contributed by atoms with E-state index in [0.717, 1.165) is 12.1 Å². The van der Waals surface area contributed by atoms with Crippen molar-refractivity contribution in [1.29, 1.82) is 0 Å². The molecule has 106 valence electrons. The Morgan fingerprint density at radius 2 is 1.89 bits per heavy atom. The number of carbonyl (C=O) groups is 1. The van der Waals surface area contributed by atoms with E-state index in [-0.39, 0.29) is 10.7 Å². The SMILES string of the molecule is CC(Nc1cc(Cl)cc(C(F)(F)F)c1)C(C)C(=O)O. The maximum atomic E-state index is 12.6. The van der Waals surface area contributed by atoms with Gasteiger partial charge in [0.15, 0.2) is 0 Å². The molecule has 0 saturated heterocycles. The van der Waals surface area contributed by atoms with E-state index in [1.165, 1.54) is 13.0 Å². The molecule has 2 unspecified atom stereocenters. The van der Waals surface area contributed by atoms with Crippen LogP contribution in [0.2, 0.25) is 5.02 Å². The number of anilines is 1. The van der Waals surface area contributed by atoms with E-state index >= 15 is 0 Å². The second-order valence-corrected chi connectivity index (χ2v) is 4.72. The van der Waals surface area contributed by atoms with Crippen molar-refractivity contribution in [1.82, 2.24) is 0 Å². The molecule has 3 nitrogen and oxygen atoms in total. The van der Waals surface area contributed by atoms with Crippen molar-refractivity contribution in [2.45, 2.75) is 26.1 Å². The van der Waals surface area contributed by atoms with Gasteiger partial charge in [-0.25, -0.2) is 0 Å². The third-order valence-corrected chi connectivity index (χ3v) is 2.98. The first-order valence-corrected chi connectivity index (χ1v) is 5.86. The van der Waals surface area contributed by atoms with Gasteiger partial charge in [-0.1, -0.05) is 11.6 Å². The molecule has 0 saturated carbocycles. The van der Waals surface area contributed by atoms with Gasteiger partial charge in [-0.15, -0.1) is 0 Å². The quantitative estimate of drug-likeness (QED) is 0.886. The van der Waals surface area contributed by atoms with Crippen molar-refractivity contribution in [3.8, 4) is 0 Å². The zero-order chi connectivity index (χ0) is 14.8. The number of nitrogens with one attached hydrogen (secondary N) is 1. The van der Waals surface area contributed by atoms with Crippen molar-refractivity contribution in [3.63, 3.8) is 0 Å². The number of halogens is 4. The monoisotopic (exact) mass is 295 g/mol. The Bertz CT molecular complexity index is 477. The van der Waals surface area contributed by atoms with Gasteiger partial charge in [0.05, 0.1) is 11.5 Å². The largest absolute Gasteiger partial charge is 0.481 e. The van der Waals surface area contributed by atoms with Crippen molar-refractivity contribution in [2.24, 2.45) is 5.92 Å². The van der Waals surface area contributed by atoms with Gasteiger partial charge in [-0.2, -0.15) is 13.2 Å². The third-order valence-electron chi connectivity index (χ3n) is 2.76. The number of hydrogen-bond acceptors (Lipinski definition) is 2. The summed E-state index contributed by atoms with van der Waals surface area (Å²) in [6, 6.07) is 2.51. The zero-order valence-electron chi connectivity index (χ0n) is 10.3. The fourth-order valence-electron chi connectivity index (χ4n) is 1.44. The lowest BCUT2D eigenvalue weighted by Crippen LogP contribution is -2.29. The molecule has 0 radical (unpaired) electrons. The van der Waals surface area contributed by atoms with Crippen LogP contribution in [0.25, 0.3) is 0 Å². The molecule has 0 aromatic heterocycles. The smallest absolute Gasteiger partial charge is 0.416 e. The highest BCUT2D eigenvalue weighted by Gasteiger charge is 2.31. The van der Waals surface area contributed by atoms with Crippen LogP contribution < -0.4 is 5.32 Å². The maximum absolute atomic E-state index is 12.6. The summed E-state index contributed by atoms with van der Waals surface area (Å²) in [5.74, 6) is -1.77. The fourth-order valence-corrected chi connectivity index (χ4v) is 1.67. The molecular weight excluding hydrogens is 283 g/mol. The molecule has 0 aliphatic heterocycles. The van der Waals surface area contributed by atoms with Crippen LogP contribution >= 0.6 is 11.6 Å². The van der Waals surface area contributed by atoms with Crippen molar-refractivity contribution in [3.05, 3.63) is 28.8 Å². The Morgan fingerprint density at radius 3 is 2.37 bits per heavy atom. The first-order valence-electron chi connectivity index (χ1n) is 5.48. The molecule has 0 fully saturated rings. The molecule has 19 heavy (non-hydrogen) atoms. The van der Waals surface area contributed by atoms with E-state index in [9.17, 15) is 18.0 Å². The molecule has 7 heteroatoms. The lowest BCUT2D eigenvalue weighted by molar-refractivity contribution is -0.141. The number of alkyl halides is 3. The van der Waals surface area contributed by atoms with E-state index in [1.54, 1.807) is 6.92 Å². The van der Waals surface area contributed by atoms with E-state index in [2.05, 4.69) is 5.32 Å². The highest BCUT2D eigenvalue weighted by Crippen LogP contribution is 2.33. The second kappa shape index (κ2) is 5.69. The Hall–Kier alpha value is -1.43. The van der Waals surface area contributed by atoms with Crippen LogP contribution in [0.1, 0.15) is 19.4 Å². The summed E-state index contributed by atoms with van der Waals surface area (Å²) in [7, 11) is 0. The average Bonchev–Trinajstić information content (AvgIpc) is 2.25. The molecule has 0 aliphatic rings. The number of benzene rings is 1. The summed E-state index contributed by atoms with van der Waals surface area (Å²) in [6.45, 7) is 3.04. The van der Waals surface area contributed by atoms with Crippen LogP contribution in [0.4, 0.5) is 18.9 Å². The van der Waals surface area contributed by atoms with Crippen LogP contribution in [0.3, 0.4) is 0 Å². The van der Waals surface area contributed by atoms with Gasteiger partial charge in [-0.05, 0) is 32.0 Å². The minimum Gasteiger partial charge on any atom is -0.481 e. The summed E-state index contributed by atoms with van der Waals surface area (Å²) in [4.78, 5) is 10.8. The van der Waals surface area contributed by atoms with Gasteiger partial charge in [-0.3, -0.25) is 4.79 Å². The Morgan fingerprint density at radius 1 is 1.32 bits per heavy atom. The summed E-state index contributed by atoms with van der Waals surface area (Å²) in [5.41, 5.74) is -0.738. The number of rotatable bonds is 4. The molecule has 0 bridgehead atoms. The number of carboxylic acids is 1. The van der Waals surface area contributed by atoms with Crippen LogP contribution in [0, 0.1) is 5.92 Å². The molecule has 0 spiro atoms. The predicted molar refractivity (Wildman–Crippen MR) is 66.3 cm³/mol. The number of carboxylic acid groups (broad SMARTS) is 1. The molecule has 0 amide bonds. The van der Waals surface area contributed by atoms with Crippen molar-refractivity contribution >= 4 is 23.3 Å². The van der Waals surface area contributed by atoms with Gasteiger partial charge in [0.1, 0.15) is 0 Å². The fraction of sp³-hybridized carbons (Fsp3) is 0.417. The third kappa shape index (κ3) is 4.31. The normalized spacial score (nSPS) is 14.8. The zero-order valence-corrected chi connectivity index (χ0v) is 11.0. The second-order valence-electron chi connectivity index (χ2n) is 4.29.